The Kier molecular flexibility index (Phi) is 5.17. The zero-order valence-corrected chi connectivity index (χ0v) is 18.4. The van der Waals surface area contributed by atoms with Crippen molar-refractivity contribution in [2.45, 2.75) is 32.9 Å². The maximum atomic E-state index is 13.1. The smallest absolute Gasteiger partial charge is 0.321 e. The van der Waals surface area contributed by atoms with Crippen LogP contribution in [0.4, 0.5) is 9.93 Å². The highest BCUT2D eigenvalue weighted by Gasteiger charge is 2.27. The van der Waals surface area contributed by atoms with Crippen LogP contribution in [0.25, 0.3) is 11.3 Å². The molecule has 2 aromatic heterocycles. The van der Waals surface area contributed by atoms with Crippen LogP contribution in [0, 0.1) is 0 Å². The molecule has 11 heteroatoms. The van der Waals surface area contributed by atoms with Gasteiger partial charge in [-0.15, -0.1) is 0 Å². The standard InChI is InChI=1S/C21H22N6O4S/c1-11(2)22-20(29)24-21-23-13-5-6-27(9-18(13)32-21)19(28)15-8-14(25-26-15)12-3-4-16-17(7-12)31-10-30-16/h3-4,7-8,11H,5-6,9-10H2,1-2H3,(H,25,26)(H2,22,23,24,29). The van der Waals surface area contributed by atoms with Crippen molar-refractivity contribution in [1.82, 2.24) is 25.4 Å². The van der Waals surface area contributed by atoms with Gasteiger partial charge in [0.2, 0.25) is 6.79 Å². The van der Waals surface area contributed by atoms with Gasteiger partial charge >= 0.3 is 6.03 Å². The number of thiazole rings is 1. The number of hydrogen-bond donors (Lipinski definition) is 3. The van der Waals surface area contributed by atoms with E-state index >= 15 is 0 Å². The molecule has 32 heavy (non-hydrogen) atoms. The normalized spacial score (nSPS) is 14.4. The lowest BCUT2D eigenvalue weighted by atomic mass is 10.1. The Morgan fingerprint density at radius 3 is 2.91 bits per heavy atom. The lowest BCUT2D eigenvalue weighted by Gasteiger charge is -2.25. The topological polar surface area (TPSA) is 121 Å². The van der Waals surface area contributed by atoms with E-state index in [4.69, 9.17) is 9.47 Å². The molecular weight excluding hydrogens is 432 g/mol. The van der Waals surface area contributed by atoms with Gasteiger partial charge in [-0.05, 0) is 38.1 Å². The lowest BCUT2D eigenvalue weighted by Crippen LogP contribution is -2.35. The molecule has 0 atom stereocenters. The predicted molar refractivity (Wildman–Crippen MR) is 118 cm³/mol. The second kappa shape index (κ2) is 8.15. The molecular formula is C21H22N6O4S. The highest BCUT2D eigenvalue weighted by atomic mass is 32.1. The third kappa shape index (κ3) is 3.98. The molecule has 0 aliphatic carbocycles. The summed E-state index contributed by atoms with van der Waals surface area (Å²) < 4.78 is 10.8. The molecule has 2 aliphatic rings. The van der Waals surface area contributed by atoms with E-state index in [2.05, 4.69) is 25.8 Å². The number of fused-ring (bicyclic) bond motifs is 2. The van der Waals surface area contributed by atoms with Crippen molar-refractivity contribution in [2.24, 2.45) is 0 Å². The van der Waals surface area contributed by atoms with Gasteiger partial charge in [-0.2, -0.15) is 5.10 Å². The van der Waals surface area contributed by atoms with Gasteiger partial charge < -0.3 is 19.7 Å². The summed E-state index contributed by atoms with van der Waals surface area (Å²) >= 11 is 1.39. The molecule has 0 radical (unpaired) electrons. The van der Waals surface area contributed by atoms with E-state index in [-0.39, 0.29) is 24.8 Å². The number of H-pyrrole nitrogens is 1. The maximum Gasteiger partial charge on any atom is 0.321 e. The van der Waals surface area contributed by atoms with Gasteiger partial charge in [0.25, 0.3) is 5.91 Å². The monoisotopic (exact) mass is 454 g/mol. The molecule has 3 amide bonds. The fraction of sp³-hybridized carbons (Fsp3) is 0.333. The van der Waals surface area contributed by atoms with Crippen LogP contribution in [0.2, 0.25) is 0 Å². The van der Waals surface area contributed by atoms with Gasteiger partial charge in [0, 0.05) is 29.4 Å². The molecule has 10 nitrogen and oxygen atoms in total. The Bertz CT molecular complexity index is 1190. The van der Waals surface area contributed by atoms with Crippen molar-refractivity contribution in [3.05, 3.63) is 40.5 Å². The number of anilines is 1. The van der Waals surface area contributed by atoms with Crippen LogP contribution in [-0.4, -0.2) is 51.4 Å². The molecule has 1 aromatic carbocycles. The van der Waals surface area contributed by atoms with Crippen LogP contribution >= 0.6 is 11.3 Å². The van der Waals surface area contributed by atoms with Gasteiger partial charge in [0.05, 0.1) is 17.9 Å². The zero-order chi connectivity index (χ0) is 22.2. The average Bonchev–Trinajstić information content (AvgIpc) is 3.49. The molecule has 3 N–H and O–H groups in total. The van der Waals surface area contributed by atoms with Crippen LogP contribution in [0.5, 0.6) is 11.5 Å². The number of carbonyl (C=O) groups is 2. The number of amides is 3. The van der Waals surface area contributed by atoms with Crippen molar-refractivity contribution in [3.8, 4) is 22.8 Å². The second-order valence-corrected chi connectivity index (χ2v) is 8.94. The molecule has 0 spiro atoms. The summed E-state index contributed by atoms with van der Waals surface area (Å²) in [5.41, 5.74) is 2.83. The van der Waals surface area contributed by atoms with Gasteiger partial charge in [0.15, 0.2) is 16.6 Å². The molecule has 0 bridgehead atoms. The number of rotatable bonds is 4. The number of aromatic amines is 1. The number of hydrogen-bond acceptors (Lipinski definition) is 7. The summed E-state index contributed by atoms with van der Waals surface area (Å²) in [5, 5.41) is 13.2. The van der Waals surface area contributed by atoms with Crippen LogP contribution in [0.3, 0.4) is 0 Å². The number of benzene rings is 1. The van der Waals surface area contributed by atoms with Crippen LogP contribution in [-0.2, 0) is 13.0 Å². The summed E-state index contributed by atoms with van der Waals surface area (Å²) in [4.78, 5) is 32.2. The Hall–Kier alpha value is -3.60. The lowest BCUT2D eigenvalue weighted by molar-refractivity contribution is 0.0730. The Balaban J connectivity index is 1.27. The summed E-state index contributed by atoms with van der Waals surface area (Å²) in [6, 6.07) is 7.05. The zero-order valence-electron chi connectivity index (χ0n) is 17.6. The van der Waals surface area contributed by atoms with Crippen molar-refractivity contribution in [1.29, 1.82) is 0 Å². The first-order chi connectivity index (χ1) is 15.5. The summed E-state index contributed by atoms with van der Waals surface area (Å²) in [7, 11) is 0. The molecule has 0 unspecified atom stereocenters. The van der Waals surface area contributed by atoms with E-state index in [0.29, 0.717) is 47.5 Å². The molecule has 166 valence electrons. The third-order valence-electron chi connectivity index (χ3n) is 5.14. The average molecular weight is 455 g/mol. The fourth-order valence-electron chi connectivity index (χ4n) is 3.62. The minimum Gasteiger partial charge on any atom is -0.454 e. The number of nitrogens with zero attached hydrogens (tertiary/aromatic N) is 3. The van der Waals surface area contributed by atoms with Crippen molar-refractivity contribution >= 4 is 28.4 Å². The first-order valence-electron chi connectivity index (χ1n) is 10.3. The summed E-state index contributed by atoms with van der Waals surface area (Å²) in [5.74, 6) is 1.24. The van der Waals surface area contributed by atoms with Crippen LogP contribution < -0.4 is 20.1 Å². The molecule has 4 heterocycles. The number of urea groups is 1. The summed E-state index contributed by atoms with van der Waals surface area (Å²) in [6.45, 7) is 4.98. The quantitative estimate of drug-likeness (QED) is 0.557. The Morgan fingerprint density at radius 1 is 1.22 bits per heavy atom. The van der Waals surface area contributed by atoms with Crippen LogP contribution in [0.15, 0.2) is 24.3 Å². The largest absolute Gasteiger partial charge is 0.454 e. The third-order valence-corrected chi connectivity index (χ3v) is 6.13. The van der Waals surface area contributed by atoms with Gasteiger partial charge in [-0.1, -0.05) is 11.3 Å². The number of aromatic nitrogens is 3. The van der Waals surface area contributed by atoms with Gasteiger partial charge in [0.1, 0.15) is 5.69 Å². The highest BCUT2D eigenvalue weighted by Crippen LogP contribution is 2.35. The van der Waals surface area contributed by atoms with Crippen LogP contribution in [0.1, 0.15) is 34.9 Å². The molecule has 3 aromatic rings. The predicted octanol–water partition coefficient (Wildman–Crippen LogP) is 2.99. The SMILES string of the molecule is CC(C)NC(=O)Nc1nc2c(s1)CN(C(=O)c1cc(-c3ccc4c(c3)OCO4)n[nH]1)CC2. The van der Waals surface area contributed by atoms with E-state index in [0.717, 1.165) is 16.1 Å². The molecule has 2 aliphatic heterocycles. The highest BCUT2D eigenvalue weighted by molar-refractivity contribution is 7.15. The van der Waals surface area contributed by atoms with E-state index in [1.54, 1.807) is 11.0 Å². The van der Waals surface area contributed by atoms with Crippen molar-refractivity contribution < 1.29 is 19.1 Å². The Labute approximate surface area is 187 Å². The van der Waals surface area contributed by atoms with Crippen molar-refractivity contribution in [3.63, 3.8) is 0 Å². The minimum absolute atomic E-state index is 0.0367. The van der Waals surface area contributed by atoms with Gasteiger partial charge in [-0.3, -0.25) is 15.2 Å². The molecule has 5 rings (SSSR count). The van der Waals surface area contributed by atoms with E-state index in [1.807, 2.05) is 32.0 Å². The first kappa shape index (κ1) is 20.3. The Morgan fingerprint density at radius 2 is 2.06 bits per heavy atom. The van der Waals surface area contributed by atoms with Gasteiger partial charge in [-0.25, -0.2) is 9.78 Å². The van der Waals surface area contributed by atoms with E-state index in [9.17, 15) is 9.59 Å². The number of nitrogens with one attached hydrogen (secondary N) is 3. The maximum absolute atomic E-state index is 13.1. The molecule has 0 saturated heterocycles. The molecule has 0 fully saturated rings. The van der Waals surface area contributed by atoms with E-state index < -0.39 is 0 Å². The fourth-order valence-corrected chi connectivity index (χ4v) is 4.64. The minimum atomic E-state index is -0.285. The van der Waals surface area contributed by atoms with Crippen molar-refractivity contribution in [2.75, 3.05) is 18.7 Å². The van der Waals surface area contributed by atoms with E-state index in [1.165, 1.54) is 11.3 Å². The summed E-state index contributed by atoms with van der Waals surface area (Å²) in [6.07, 6.45) is 0.633. The first-order valence-corrected chi connectivity index (χ1v) is 11.1. The number of carbonyl (C=O) groups excluding carboxylic acids is 2. The second-order valence-electron chi connectivity index (χ2n) is 7.85. The number of ether oxygens (including phenoxy) is 2. The molecule has 0 saturated carbocycles.